The molecular weight excluding hydrogens is 308 g/mol. The fourth-order valence-corrected chi connectivity index (χ4v) is 4.06. The van der Waals surface area contributed by atoms with Gasteiger partial charge in [-0.15, -0.1) is 0 Å². The van der Waals surface area contributed by atoms with Gasteiger partial charge in [0.25, 0.3) is 0 Å². The van der Waals surface area contributed by atoms with E-state index in [0.29, 0.717) is 0 Å². The molecule has 2 aromatic carbocycles. The summed E-state index contributed by atoms with van der Waals surface area (Å²) in [6.45, 7) is 8.77. The molecule has 0 unspecified atom stereocenters. The molecule has 1 aliphatic carbocycles. The molecule has 0 nitrogen and oxygen atoms in total. The first kappa shape index (κ1) is 13.6. The smallest absolute Gasteiger partial charge is 0.0295 e. The van der Waals surface area contributed by atoms with Crippen LogP contribution in [0.5, 0.6) is 0 Å². The summed E-state index contributed by atoms with van der Waals surface area (Å²) in [5.41, 5.74) is 10.9. The number of halogens is 1. The van der Waals surface area contributed by atoms with Crippen molar-refractivity contribution in [1.29, 1.82) is 0 Å². The van der Waals surface area contributed by atoms with Gasteiger partial charge in [-0.05, 0) is 89.0 Å². The summed E-state index contributed by atoms with van der Waals surface area (Å²) in [6.07, 6.45) is 3.35. The predicted octanol–water partition coefficient (Wildman–Crippen LogP) is 6.00. The second-order valence-corrected chi connectivity index (χ2v) is 6.61. The van der Waals surface area contributed by atoms with Gasteiger partial charge < -0.3 is 0 Å². The van der Waals surface area contributed by atoms with Crippen LogP contribution in [-0.2, 0) is 6.42 Å². The average Bonchev–Trinajstić information content (AvgIpc) is 2.73. The van der Waals surface area contributed by atoms with Crippen molar-refractivity contribution in [2.75, 3.05) is 0 Å². The summed E-state index contributed by atoms with van der Waals surface area (Å²) >= 11 is 3.85. The van der Waals surface area contributed by atoms with Crippen LogP contribution in [0.15, 0.2) is 34.8 Å². The van der Waals surface area contributed by atoms with Crippen LogP contribution < -0.4 is 0 Å². The molecule has 0 spiro atoms. The van der Waals surface area contributed by atoms with Crippen LogP contribution in [0.4, 0.5) is 0 Å². The molecule has 0 amide bonds. The van der Waals surface area contributed by atoms with E-state index >= 15 is 0 Å². The third-order valence-electron chi connectivity index (χ3n) is 4.23. The molecular formula is C19H19Br. The maximum absolute atomic E-state index is 3.85. The lowest BCUT2D eigenvalue weighted by Gasteiger charge is -2.16. The average molecular weight is 327 g/mol. The van der Waals surface area contributed by atoms with Crippen LogP contribution in [0, 0.1) is 20.8 Å². The Bertz CT molecular complexity index is 713. The zero-order valence-corrected chi connectivity index (χ0v) is 14.1. The quantitative estimate of drug-likeness (QED) is 0.602. The van der Waals surface area contributed by atoms with E-state index in [1.807, 2.05) is 0 Å². The van der Waals surface area contributed by atoms with E-state index in [-0.39, 0.29) is 0 Å². The maximum atomic E-state index is 3.85. The summed E-state index contributed by atoms with van der Waals surface area (Å²) in [5, 5.41) is 0. The lowest BCUT2D eigenvalue weighted by molar-refractivity contribution is 1.27. The van der Waals surface area contributed by atoms with E-state index in [1.54, 1.807) is 0 Å². The Labute approximate surface area is 129 Å². The van der Waals surface area contributed by atoms with Gasteiger partial charge >= 0.3 is 0 Å². The van der Waals surface area contributed by atoms with Crippen LogP contribution in [-0.4, -0.2) is 0 Å². The first-order valence-corrected chi connectivity index (χ1v) is 7.85. The van der Waals surface area contributed by atoms with Gasteiger partial charge in [0.05, 0.1) is 0 Å². The van der Waals surface area contributed by atoms with Crippen molar-refractivity contribution in [3.8, 4) is 11.1 Å². The van der Waals surface area contributed by atoms with Crippen LogP contribution in [0.2, 0.25) is 0 Å². The molecule has 3 rings (SSSR count). The van der Waals surface area contributed by atoms with Crippen molar-refractivity contribution < 1.29 is 0 Å². The fourth-order valence-electron chi connectivity index (χ4n) is 3.35. The number of hydrogen-bond acceptors (Lipinski definition) is 0. The van der Waals surface area contributed by atoms with Gasteiger partial charge in [-0.2, -0.15) is 0 Å². The molecule has 0 bridgehead atoms. The normalized spacial score (nSPS) is 13.3. The highest BCUT2D eigenvalue weighted by Crippen LogP contribution is 2.41. The van der Waals surface area contributed by atoms with E-state index in [4.69, 9.17) is 0 Å². The second kappa shape index (κ2) is 4.89. The highest BCUT2D eigenvalue weighted by Gasteiger charge is 2.18. The summed E-state index contributed by atoms with van der Waals surface area (Å²) in [6, 6.07) is 9.07. The van der Waals surface area contributed by atoms with Gasteiger partial charge in [-0.25, -0.2) is 0 Å². The Hall–Kier alpha value is -1.34. The molecule has 0 saturated heterocycles. The first-order chi connectivity index (χ1) is 9.49. The maximum Gasteiger partial charge on any atom is 0.0295 e. The molecule has 2 aromatic rings. The van der Waals surface area contributed by atoms with Crippen molar-refractivity contribution in [2.45, 2.75) is 34.1 Å². The van der Waals surface area contributed by atoms with Crippen molar-refractivity contribution in [3.05, 3.63) is 62.6 Å². The highest BCUT2D eigenvalue weighted by atomic mass is 79.9. The van der Waals surface area contributed by atoms with E-state index in [9.17, 15) is 0 Å². The van der Waals surface area contributed by atoms with Gasteiger partial charge in [0.2, 0.25) is 0 Å². The lowest BCUT2D eigenvalue weighted by atomic mass is 9.91. The third-order valence-corrected chi connectivity index (χ3v) is 5.13. The number of benzene rings is 2. The number of rotatable bonds is 1. The molecule has 0 radical (unpaired) electrons. The van der Waals surface area contributed by atoms with Crippen molar-refractivity contribution in [3.63, 3.8) is 0 Å². The van der Waals surface area contributed by atoms with Crippen molar-refractivity contribution in [2.24, 2.45) is 0 Å². The Kier molecular flexibility index (Phi) is 3.33. The van der Waals surface area contributed by atoms with Crippen LogP contribution in [0.3, 0.4) is 0 Å². The predicted molar refractivity (Wildman–Crippen MR) is 91.1 cm³/mol. The van der Waals surface area contributed by atoms with Gasteiger partial charge in [0.1, 0.15) is 0 Å². The molecule has 0 fully saturated rings. The molecule has 0 atom stereocenters. The Morgan fingerprint density at radius 1 is 0.900 bits per heavy atom. The number of hydrogen-bond donors (Lipinski definition) is 0. The summed E-state index contributed by atoms with van der Waals surface area (Å²) in [7, 11) is 0. The fraction of sp³-hybridized carbons (Fsp3) is 0.263. The molecule has 0 aliphatic heterocycles. The van der Waals surface area contributed by atoms with E-state index in [2.05, 4.69) is 74.0 Å². The van der Waals surface area contributed by atoms with Crippen LogP contribution in [0.1, 0.15) is 34.7 Å². The van der Waals surface area contributed by atoms with E-state index < -0.39 is 0 Å². The largest absolute Gasteiger partial charge is 0.0765 e. The zero-order chi connectivity index (χ0) is 14.4. The first-order valence-electron chi connectivity index (χ1n) is 7.05. The minimum absolute atomic E-state index is 1.04. The molecule has 1 heteroatoms. The standard InChI is InChI=1S/C19H19Br/c1-11-9-13(3)18(14(4)10-11)17-8-7-15-12(2)5-6-16(15)19(17)20/h5,7-10H,6H2,1-4H3. The second-order valence-electron chi connectivity index (χ2n) is 5.82. The van der Waals surface area contributed by atoms with E-state index in [1.165, 1.54) is 49.0 Å². The van der Waals surface area contributed by atoms with Gasteiger partial charge in [-0.3, -0.25) is 0 Å². The Morgan fingerprint density at radius 2 is 1.50 bits per heavy atom. The zero-order valence-electron chi connectivity index (χ0n) is 12.5. The lowest BCUT2D eigenvalue weighted by Crippen LogP contribution is -1.94. The molecule has 0 heterocycles. The van der Waals surface area contributed by atoms with Gasteiger partial charge in [0, 0.05) is 4.47 Å². The molecule has 20 heavy (non-hydrogen) atoms. The summed E-state index contributed by atoms with van der Waals surface area (Å²) in [5.74, 6) is 0. The molecule has 1 aliphatic rings. The monoisotopic (exact) mass is 326 g/mol. The number of allylic oxidation sites excluding steroid dienone is 2. The van der Waals surface area contributed by atoms with Crippen molar-refractivity contribution >= 4 is 21.5 Å². The molecule has 0 saturated carbocycles. The highest BCUT2D eigenvalue weighted by molar-refractivity contribution is 9.10. The molecule has 0 aromatic heterocycles. The Balaban J connectivity index is 2.23. The van der Waals surface area contributed by atoms with E-state index in [0.717, 1.165) is 6.42 Å². The Morgan fingerprint density at radius 3 is 2.15 bits per heavy atom. The SMILES string of the molecule is CC1=CCc2c1ccc(-c1c(C)cc(C)cc1C)c2Br. The summed E-state index contributed by atoms with van der Waals surface area (Å²) in [4.78, 5) is 0. The topological polar surface area (TPSA) is 0 Å². The minimum atomic E-state index is 1.04. The third kappa shape index (κ3) is 2.05. The van der Waals surface area contributed by atoms with Gasteiger partial charge in [-0.1, -0.05) is 35.9 Å². The number of aryl methyl sites for hydroxylation is 3. The molecule has 102 valence electrons. The van der Waals surface area contributed by atoms with Gasteiger partial charge in [0.15, 0.2) is 0 Å². The van der Waals surface area contributed by atoms with Crippen LogP contribution in [0.25, 0.3) is 16.7 Å². The minimum Gasteiger partial charge on any atom is -0.0765 e. The summed E-state index contributed by atoms with van der Waals surface area (Å²) < 4.78 is 1.26. The number of fused-ring (bicyclic) bond motifs is 1. The van der Waals surface area contributed by atoms with Crippen molar-refractivity contribution in [1.82, 2.24) is 0 Å². The van der Waals surface area contributed by atoms with Crippen LogP contribution >= 0.6 is 15.9 Å². The molecule has 0 N–H and O–H groups in total.